The maximum atomic E-state index is 5.80. The van der Waals surface area contributed by atoms with E-state index in [1.165, 1.54) is 0 Å². The largest absolute Gasteiger partial charge is 0.493 e. The minimum absolute atomic E-state index is 0.590. The molecule has 0 amide bonds. The van der Waals surface area contributed by atoms with Crippen LogP contribution in [-0.2, 0) is 6.54 Å². The molecule has 29 heavy (non-hydrogen) atoms. The summed E-state index contributed by atoms with van der Waals surface area (Å²) >= 11 is 5.26. The number of rotatable bonds is 11. The van der Waals surface area contributed by atoms with Gasteiger partial charge in [0.25, 0.3) is 0 Å². The average Bonchev–Trinajstić information content (AvgIpc) is 3.22. The molecule has 0 aliphatic heterocycles. The lowest BCUT2D eigenvalue weighted by atomic mass is 10.2. The second-order valence-corrected chi connectivity index (χ2v) is 7.99. The minimum atomic E-state index is 0.590. The first kappa shape index (κ1) is 21.6. The first-order valence-electron chi connectivity index (χ1n) is 9.40. The Morgan fingerprint density at radius 1 is 1.17 bits per heavy atom. The summed E-state index contributed by atoms with van der Waals surface area (Å²) in [6, 6.07) is 13.8. The van der Waals surface area contributed by atoms with E-state index < -0.39 is 0 Å². The molecule has 2 aromatic carbocycles. The van der Waals surface area contributed by atoms with E-state index in [4.69, 9.17) is 9.47 Å². The summed E-state index contributed by atoms with van der Waals surface area (Å²) < 4.78 is 14.0. The molecule has 0 spiro atoms. The predicted octanol–water partition coefficient (Wildman–Crippen LogP) is 4.10. The number of benzene rings is 2. The number of thioether (sulfide) groups is 1. The molecule has 0 aliphatic carbocycles. The molecule has 7 nitrogen and oxygen atoms in total. The van der Waals surface area contributed by atoms with Gasteiger partial charge in [0.2, 0.25) is 5.16 Å². The molecule has 1 N–H and O–H groups in total. The number of tetrazole rings is 1. The van der Waals surface area contributed by atoms with Crippen LogP contribution in [-0.4, -0.2) is 46.2 Å². The van der Waals surface area contributed by atoms with Crippen molar-refractivity contribution in [3.05, 3.63) is 52.5 Å². The fourth-order valence-corrected chi connectivity index (χ4v) is 4.07. The number of nitrogens with zero attached hydrogens (tertiary/aromatic N) is 4. The fourth-order valence-electron chi connectivity index (χ4n) is 2.78. The van der Waals surface area contributed by atoms with Crippen molar-refractivity contribution < 1.29 is 9.47 Å². The molecule has 0 fully saturated rings. The zero-order chi connectivity index (χ0) is 20.5. The van der Waals surface area contributed by atoms with Gasteiger partial charge in [-0.1, -0.05) is 45.9 Å². The van der Waals surface area contributed by atoms with Gasteiger partial charge in [-0.2, -0.15) is 4.68 Å². The number of aromatic nitrogens is 4. The lowest BCUT2D eigenvalue weighted by Crippen LogP contribution is -2.17. The number of hydrogen-bond donors (Lipinski definition) is 1. The molecule has 0 saturated carbocycles. The Morgan fingerprint density at radius 3 is 2.76 bits per heavy atom. The molecule has 3 aromatic rings. The van der Waals surface area contributed by atoms with Crippen LogP contribution in [0, 0.1) is 0 Å². The molecule has 1 heterocycles. The van der Waals surface area contributed by atoms with E-state index in [1.807, 2.05) is 49.4 Å². The van der Waals surface area contributed by atoms with Gasteiger partial charge in [-0.05, 0) is 54.6 Å². The molecule has 0 unspecified atom stereocenters. The van der Waals surface area contributed by atoms with E-state index in [1.54, 1.807) is 23.6 Å². The van der Waals surface area contributed by atoms with Crippen molar-refractivity contribution in [3.63, 3.8) is 0 Å². The molecule has 0 aliphatic rings. The van der Waals surface area contributed by atoms with Gasteiger partial charge in [0.1, 0.15) is 0 Å². The van der Waals surface area contributed by atoms with Crippen LogP contribution in [0.2, 0.25) is 0 Å². The molecule has 0 saturated heterocycles. The molecule has 0 bridgehead atoms. The smallest absolute Gasteiger partial charge is 0.214 e. The summed E-state index contributed by atoms with van der Waals surface area (Å²) in [5.74, 6) is 2.45. The third-order valence-electron chi connectivity index (χ3n) is 4.15. The molecule has 1 aromatic heterocycles. The third-order valence-corrected chi connectivity index (χ3v) is 5.90. The highest BCUT2D eigenvalue weighted by molar-refractivity contribution is 9.10. The van der Waals surface area contributed by atoms with Crippen molar-refractivity contribution in [2.24, 2.45) is 0 Å². The maximum absolute atomic E-state index is 5.80. The van der Waals surface area contributed by atoms with Crippen LogP contribution in [0.1, 0.15) is 18.9 Å². The summed E-state index contributed by atoms with van der Waals surface area (Å²) in [6.07, 6.45) is 0.984. The Hall–Kier alpha value is -2.10. The van der Waals surface area contributed by atoms with Crippen LogP contribution in [0.4, 0.5) is 0 Å². The summed E-state index contributed by atoms with van der Waals surface area (Å²) in [5, 5.41) is 16.3. The maximum Gasteiger partial charge on any atom is 0.214 e. The number of para-hydroxylation sites is 1. The summed E-state index contributed by atoms with van der Waals surface area (Å²) in [4.78, 5) is 0. The Labute approximate surface area is 183 Å². The van der Waals surface area contributed by atoms with Crippen molar-refractivity contribution in [3.8, 4) is 17.2 Å². The summed E-state index contributed by atoms with van der Waals surface area (Å²) in [6.45, 7) is 4.12. The van der Waals surface area contributed by atoms with E-state index in [9.17, 15) is 0 Å². The van der Waals surface area contributed by atoms with Gasteiger partial charge in [-0.25, -0.2) is 0 Å². The fraction of sp³-hybridized carbons (Fsp3) is 0.350. The zero-order valence-corrected chi connectivity index (χ0v) is 18.9. The number of nitrogens with one attached hydrogen (secondary N) is 1. The second-order valence-electron chi connectivity index (χ2n) is 6.08. The topological polar surface area (TPSA) is 74.1 Å². The Morgan fingerprint density at radius 2 is 2.00 bits per heavy atom. The van der Waals surface area contributed by atoms with Crippen molar-refractivity contribution >= 4 is 27.7 Å². The molecular formula is C20H24BrN5O2S. The Bertz CT molecular complexity index is 907. The van der Waals surface area contributed by atoms with Crippen molar-refractivity contribution in [1.82, 2.24) is 25.5 Å². The average molecular weight is 478 g/mol. The molecule has 0 atom stereocenters. The highest BCUT2D eigenvalue weighted by Gasteiger charge is 2.14. The molecule has 9 heteroatoms. The number of hydrogen-bond acceptors (Lipinski definition) is 7. The monoisotopic (exact) mass is 477 g/mol. The van der Waals surface area contributed by atoms with Gasteiger partial charge in [-0.15, -0.1) is 5.10 Å². The van der Waals surface area contributed by atoms with Crippen molar-refractivity contribution in [2.45, 2.75) is 25.0 Å². The highest BCUT2D eigenvalue weighted by Crippen LogP contribution is 2.36. The number of ether oxygens (including phenoxy) is 2. The van der Waals surface area contributed by atoms with E-state index in [0.717, 1.165) is 51.1 Å². The van der Waals surface area contributed by atoms with Crippen LogP contribution in [0.3, 0.4) is 0 Å². The van der Waals surface area contributed by atoms with Crippen molar-refractivity contribution in [2.75, 3.05) is 26.0 Å². The van der Waals surface area contributed by atoms with E-state index in [-0.39, 0.29) is 0 Å². The van der Waals surface area contributed by atoms with E-state index >= 15 is 0 Å². The second kappa shape index (κ2) is 11.2. The predicted molar refractivity (Wildman–Crippen MR) is 118 cm³/mol. The standard InChI is InChI=1S/C20H24BrN5O2S/c1-3-28-19-16(17(21)10-11-18(19)27-2)14-22-12-7-13-29-20-23-24-25-26(20)15-8-5-4-6-9-15/h4-6,8-11,22H,3,7,12-14H2,1-2H3. The normalized spacial score (nSPS) is 10.9. The van der Waals surface area contributed by atoms with E-state index in [0.29, 0.717) is 13.2 Å². The van der Waals surface area contributed by atoms with Gasteiger partial charge in [0.05, 0.1) is 19.4 Å². The van der Waals surface area contributed by atoms with Gasteiger partial charge in [0, 0.05) is 22.3 Å². The van der Waals surface area contributed by atoms with Crippen molar-refractivity contribution in [1.29, 1.82) is 0 Å². The van der Waals surface area contributed by atoms with Gasteiger partial charge < -0.3 is 14.8 Å². The summed E-state index contributed by atoms with van der Waals surface area (Å²) in [7, 11) is 1.66. The van der Waals surface area contributed by atoms with Crippen LogP contribution < -0.4 is 14.8 Å². The number of methoxy groups -OCH3 is 1. The van der Waals surface area contributed by atoms with Gasteiger partial charge in [-0.3, -0.25) is 0 Å². The van der Waals surface area contributed by atoms with E-state index in [2.05, 4.69) is 36.8 Å². The zero-order valence-electron chi connectivity index (χ0n) is 16.5. The first-order chi connectivity index (χ1) is 14.2. The molecular weight excluding hydrogens is 454 g/mol. The minimum Gasteiger partial charge on any atom is -0.493 e. The van der Waals surface area contributed by atoms with Crippen LogP contribution in [0.15, 0.2) is 52.1 Å². The molecule has 3 rings (SSSR count). The lowest BCUT2D eigenvalue weighted by molar-refractivity contribution is 0.306. The SMILES string of the molecule is CCOc1c(OC)ccc(Br)c1CNCCCSc1nnnn1-c1ccccc1. The first-order valence-corrected chi connectivity index (χ1v) is 11.2. The molecule has 0 radical (unpaired) electrons. The van der Waals surface area contributed by atoms with Gasteiger partial charge >= 0.3 is 0 Å². The number of halogens is 1. The summed E-state index contributed by atoms with van der Waals surface area (Å²) in [5.41, 5.74) is 2.02. The highest BCUT2D eigenvalue weighted by atomic mass is 79.9. The molecule has 154 valence electrons. The van der Waals surface area contributed by atoms with Crippen LogP contribution >= 0.6 is 27.7 Å². The van der Waals surface area contributed by atoms with Gasteiger partial charge in [0.15, 0.2) is 11.5 Å². The van der Waals surface area contributed by atoms with Crippen LogP contribution in [0.25, 0.3) is 5.69 Å². The lowest BCUT2D eigenvalue weighted by Gasteiger charge is -2.16. The Kier molecular flexibility index (Phi) is 8.33. The third kappa shape index (κ3) is 5.71. The Balaban J connectivity index is 1.49. The quantitative estimate of drug-likeness (QED) is 0.329. The van der Waals surface area contributed by atoms with Crippen LogP contribution in [0.5, 0.6) is 11.5 Å².